The van der Waals surface area contributed by atoms with Gasteiger partial charge in [-0.3, -0.25) is 0 Å². The normalized spacial score (nSPS) is 10.5. The Hall–Kier alpha value is -1.29. The third kappa shape index (κ3) is 2.59. The van der Waals surface area contributed by atoms with Gasteiger partial charge in [0.25, 0.3) is 0 Å². The van der Waals surface area contributed by atoms with E-state index in [0.29, 0.717) is 0 Å². The molecule has 0 aliphatic rings. The van der Waals surface area contributed by atoms with Crippen molar-refractivity contribution < 1.29 is 19.0 Å². The summed E-state index contributed by atoms with van der Waals surface area (Å²) in [6, 6.07) is 2.33. The maximum atomic E-state index is 13.1. The summed E-state index contributed by atoms with van der Waals surface area (Å²) in [6.07, 6.45) is -0.158. The Labute approximate surface area is 91.4 Å². The first-order chi connectivity index (χ1) is 6.93. The molecule has 0 heterocycles. The molecule has 0 unspecified atom stereocenters. The van der Waals surface area contributed by atoms with E-state index in [1.165, 1.54) is 6.07 Å². The second kappa shape index (κ2) is 4.49. The molecule has 15 heavy (non-hydrogen) atoms. The van der Waals surface area contributed by atoms with E-state index in [1.54, 1.807) is 13.8 Å². The molecule has 0 saturated carbocycles. The van der Waals surface area contributed by atoms with E-state index in [4.69, 9.17) is 21.4 Å². The number of ether oxygens (including phenoxy) is 1. The van der Waals surface area contributed by atoms with Gasteiger partial charge in [0.15, 0.2) is 0 Å². The molecule has 5 heteroatoms. The van der Waals surface area contributed by atoms with E-state index in [9.17, 15) is 9.18 Å². The van der Waals surface area contributed by atoms with Crippen LogP contribution in [0.15, 0.2) is 12.1 Å². The third-order valence-electron chi connectivity index (χ3n) is 1.63. The highest BCUT2D eigenvalue weighted by atomic mass is 35.5. The van der Waals surface area contributed by atoms with Gasteiger partial charge in [0.05, 0.1) is 6.10 Å². The van der Waals surface area contributed by atoms with Crippen LogP contribution < -0.4 is 4.74 Å². The largest absolute Gasteiger partial charge is 0.489 e. The van der Waals surface area contributed by atoms with Crippen LogP contribution in [0.2, 0.25) is 5.02 Å². The first-order valence-corrected chi connectivity index (χ1v) is 4.69. The lowest BCUT2D eigenvalue weighted by Gasteiger charge is -2.12. The van der Waals surface area contributed by atoms with Crippen molar-refractivity contribution in [1.82, 2.24) is 0 Å². The molecule has 0 aromatic heterocycles. The SMILES string of the molecule is CC(C)Oc1ccc(F)c(C(=O)O)c1Cl. The molecule has 0 fully saturated rings. The summed E-state index contributed by atoms with van der Waals surface area (Å²) < 4.78 is 18.3. The minimum absolute atomic E-state index is 0.158. The summed E-state index contributed by atoms with van der Waals surface area (Å²) in [5.74, 6) is -2.11. The maximum absolute atomic E-state index is 13.1. The molecule has 1 aromatic rings. The van der Waals surface area contributed by atoms with Gasteiger partial charge in [0.1, 0.15) is 22.2 Å². The van der Waals surface area contributed by atoms with Gasteiger partial charge in [-0.15, -0.1) is 0 Å². The fourth-order valence-corrected chi connectivity index (χ4v) is 1.35. The number of carboxylic acid groups (broad SMARTS) is 1. The minimum atomic E-state index is -1.41. The van der Waals surface area contributed by atoms with Crippen molar-refractivity contribution in [2.75, 3.05) is 0 Å². The van der Waals surface area contributed by atoms with Crippen molar-refractivity contribution in [2.24, 2.45) is 0 Å². The topological polar surface area (TPSA) is 46.5 Å². The smallest absolute Gasteiger partial charge is 0.340 e. The van der Waals surface area contributed by atoms with E-state index < -0.39 is 17.3 Å². The second-order valence-corrected chi connectivity index (χ2v) is 3.58. The summed E-state index contributed by atoms with van der Waals surface area (Å²) in [4.78, 5) is 10.7. The van der Waals surface area contributed by atoms with Gasteiger partial charge in [0.2, 0.25) is 0 Å². The van der Waals surface area contributed by atoms with Crippen LogP contribution >= 0.6 is 11.6 Å². The second-order valence-electron chi connectivity index (χ2n) is 3.21. The van der Waals surface area contributed by atoms with Crippen LogP contribution in [0, 0.1) is 5.82 Å². The van der Waals surface area contributed by atoms with Crippen LogP contribution in [0.3, 0.4) is 0 Å². The molecule has 3 nitrogen and oxygen atoms in total. The number of carboxylic acids is 1. The summed E-state index contributed by atoms with van der Waals surface area (Å²) in [5.41, 5.74) is -0.560. The Morgan fingerprint density at radius 2 is 2.13 bits per heavy atom. The Morgan fingerprint density at radius 3 is 2.60 bits per heavy atom. The standard InChI is InChI=1S/C10H10ClFO3/c1-5(2)15-7-4-3-6(12)8(9(7)11)10(13)14/h3-5H,1-2H3,(H,13,14). The van der Waals surface area contributed by atoms with E-state index >= 15 is 0 Å². The van der Waals surface area contributed by atoms with E-state index in [1.807, 2.05) is 0 Å². The Balaban J connectivity index is 3.22. The van der Waals surface area contributed by atoms with E-state index in [-0.39, 0.29) is 16.9 Å². The van der Waals surface area contributed by atoms with Gasteiger partial charge in [-0.05, 0) is 26.0 Å². The predicted molar refractivity (Wildman–Crippen MR) is 54.1 cm³/mol. The molecule has 1 aromatic carbocycles. The molecule has 0 saturated heterocycles. The molecule has 0 aliphatic carbocycles. The fourth-order valence-electron chi connectivity index (χ4n) is 1.07. The predicted octanol–water partition coefficient (Wildman–Crippen LogP) is 2.96. The van der Waals surface area contributed by atoms with Crippen molar-refractivity contribution in [2.45, 2.75) is 20.0 Å². The van der Waals surface area contributed by atoms with Crippen molar-refractivity contribution in [3.05, 3.63) is 28.5 Å². The zero-order valence-corrected chi connectivity index (χ0v) is 9.01. The molecule has 0 atom stereocenters. The lowest BCUT2D eigenvalue weighted by molar-refractivity contribution is 0.0691. The van der Waals surface area contributed by atoms with Crippen LogP contribution in [0.1, 0.15) is 24.2 Å². The van der Waals surface area contributed by atoms with Crippen LogP contribution in [0.5, 0.6) is 5.75 Å². The molecular weight excluding hydrogens is 223 g/mol. The number of benzene rings is 1. The molecule has 1 rings (SSSR count). The van der Waals surface area contributed by atoms with Gasteiger partial charge in [-0.2, -0.15) is 0 Å². The minimum Gasteiger partial charge on any atom is -0.489 e. The lowest BCUT2D eigenvalue weighted by atomic mass is 10.2. The Morgan fingerprint density at radius 1 is 1.53 bits per heavy atom. The average molecular weight is 233 g/mol. The third-order valence-corrected chi connectivity index (χ3v) is 2.01. The number of halogens is 2. The molecule has 0 radical (unpaired) electrons. The Bertz CT molecular complexity index is 390. The van der Waals surface area contributed by atoms with Crippen molar-refractivity contribution >= 4 is 17.6 Å². The first-order valence-electron chi connectivity index (χ1n) is 4.31. The van der Waals surface area contributed by atoms with Crippen LogP contribution in [0.25, 0.3) is 0 Å². The average Bonchev–Trinajstić information content (AvgIpc) is 2.09. The van der Waals surface area contributed by atoms with E-state index in [2.05, 4.69) is 0 Å². The molecule has 82 valence electrons. The molecule has 1 N–H and O–H groups in total. The number of carbonyl (C=O) groups is 1. The summed E-state index contributed by atoms with van der Waals surface area (Å²) in [6.45, 7) is 3.53. The number of aromatic carboxylic acids is 1. The van der Waals surface area contributed by atoms with Gasteiger partial charge < -0.3 is 9.84 Å². The highest BCUT2D eigenvalue weighted by Gasteiger charge is 2.19. The highest BCUT2D eigenvalue weighted by Crippen LogP contribution is 2.30. The molecule has 0 spiro atoms. The summed E-state index contributed by atoms with van der Waals surface area (Å²) in [7, 11) is 0. The summed E-state index contributed by atoms with van der Waals surface area (Å²) in [5, 5.41) is 8.51. The van der Waals surface area contributed by atoms with Crippen LogP contribution in [0.4, 0.5) is 4.39 Å². The van der Waals surface area contributed by atoms with Gasteiger partial charge in [-0.25, -0.2) is 9.18 Å². The summed E-state index contributed by atoms with van der Waals surface area (Å²) >= 11 is 5.71. The lowest BCUT2D eigenvalue weighted by Crippen LogP contribution is -2.09. The van der Waals surface area contributed by atoms with Crippen molar-refractivity contribution in [1.29, 1.82) is 0 Å². The Kier molecular flexibility index (Phi) is 3.52. The van der Waals surface area contributed by atoms with Crippen LogP contribution in [-0.4, -0.2) is 17.2 Å². The molecule has 0 bridgehead atoms. The van der Waals surface area contributed by atoms with Crippen LogP contribution in [-0.2, 0) is 0 Å². The molecule has 0 amide bonds. The van der Waals surface area contributed by atoms with Gasteiger partial charge in [-0.1, -0.05) is 11.6 Å². The zero-order chi connectivity index (χ0) is 11.6. The number of rotatable bonds is 3. The molecular formula is C10H10ClFO3. The number of hydrogen-bond acceptors (Lipinski definition) is 2. The van der Waals surface area contributed by atoms with Crippen molar-refractivity contribution in [3.8, 4) is 5.75 Å². The quantitative estimate of drug-likeness (QED) is 0.872. The van der Waals surface area contributed by atoms with Gasteiger partial charge >= 0.3 is 5.97 Å². The highest BCUT2D eigenvalue weighted by molar-refractivity contribution is 6.35. The van der Waals surface area contributed by atoms with Crippen molar-refractivity contribution in [3.63, 3.8) is 0 Å². The van der Waals surface area contributed by atoms with E-state index in [0.717, 1.165) is 6.07 Å². The zero-order valence-electron chi connectivity index (χ0n) is 8.25. The molecule has 0 aliphatic heterocycles. The monoisotopic (exact) mass is 232 g/mol. The maximum Gasteiger partial charge on any atom is 0.340 e. The number of hydrogen-bond donors (Lipinski definition) is 1. The fraction of sp³-hybridized carbons (Fsp3) is 0.300. The van der Waals surface area contributed by atoms with Gasteiger partial charge in [0, 0.05) is 0 Å². The first kappa shape index (κ1) is 11.8.